The van der Waals surface area contributed by atoms with Gasteiger partial charge in [0, 0.05) is 32.4 Å². The zero-order valence-corrected chi connectivity index (χ0v) is 12.6. The lowest BCUT2D eigenvalue weighted by atomic mass is 10.4. The molecule has 0 amide bonds. The second-order valence-corrected chi connectivity index (χ2v) is 4.18. The van der Waals surface area contributed by atoms with Gasteiger partial charge >= 0.3 is 0 Å². The SMILES string of the molecule is CCOCCN(CCOCC)c1cc(NN)nc(C)n1. The van der Waals surface area contributed by atoms with Crippen LogP contribution in [0.15, 0.2) is 6.07 Å². The number of hydrogen-bond donors (Lipinski definition) is 2. The molecule has 1 heterocycles. The van der Waals surface area contributed by atoms with Crippen molar-refractivity contribution in [1.82, 2.24) is 9.97 Å². The van der Waals surface area contributed by atoms with Gasteiger partial charge in [-0.15, -0.1) is 0 Å². The van der Waals surface area contributed by atoms with Crippen LogP contribution < -0.4 is 16.2 Å². The van der Waals surface area contributed by atoms with E-state index in [0.717, 1.165) is 18.9 Å². The van der Waals surface area contributed by atoms with Crippen LogP contribution in [0.4, 0.5) is 11.6 Å². The summed E-state index contributed by atoms with van der Waals surface area (Å²) in [4.78, 5) is 10.8. The van der Waals surface area contributed by atoms with Crippen molar-refractivity contribution in [1.29, 1.82) is 0 Å². The molecule has 0 saturated heterocycles. The Bertz CT molecular complexity index is 379. The number of nitrogens with two attached hydrogens (primary N) is 1. The molecular formula is C13H25N5O2. The van der Waals surface area contributed by atoms with Gasteiger partial charge in [0.1, 0.15) is 17.5 Å². The molecule has 0 fully saturated rings. The van der Waals surface area contributed by atoms with Crippen LogP contribution in [0.5, 0.6) is 0 Å². The lowest BCUT2D eigenvalue weighted by Gasteiger charge is -2.24. The van der Waals surface area contributed by atoms with E-state index in [9.17, 15) is 0 Å². The molecule has 7 heteroatoms. The molecule has 114 valence electrons. The number of hydrogen-bond acceptors (Lipinski definition) is 7. The summed E-state index contributed by atoms with van der Waals surface area (Å²) in [7, 11) is 0. The third-order valence-corrected chi connectivity index (χ3v) is 2.72. The number of nitrogen functional groups attached to an aromatic ring is 1. The number of aryl methyl sites for hydroxylation is 1. The molecule has 0 radical (unpaired) electrons. The predicted octanol–water partition coefficient (Wildman–Crippen LogP) is 0.950. The topological polar surface area (TPSA) is 85.5 Å². The summed E-state index contributed by atoms with van der Waals surface area (Å²) in [5.74, 6) is 7.52. The summed E-state index contributed by atoms with van der Waals surface area (Å²) >= 11 is 0. The van der Waals surface area contributed by atoms with Gasteiger partial charge in [0.2, 0.25) is 0 Å². The van der Waals surface area contributed by atoms with E-state index in [0.29, 0.717) is 38.1 Å². The first-order valence-corrected chi connectivity index (χ1v) is 6.94. The van der Waals surface area contributed by atoms with Crippen LogP contribution in [0, 0.1) is 6.92 Å². The number of nitrogens with zero attached hydrogens (tertiary/aromatic N) is 3. The first-order chi connectivity index (χ1) is 9.71. The van der Waals surface area contributed by atoms with E-state index < -0.39 is 0 Å². The second-order valence-electron chi connectivity index (χ2n) is 4.18. The molecule has 0 bridgehead atoms. The summed E-state index contributed by atoms with van der Waals surface area (Å²) in [5, 5.41) is 0. The van der Waals surface area contributed by atoms with E-state index >= 15 is 0 Å². The highest BCUT2D eigenvalue weighted by Gasteiger charge is 2.10. The third-order valence-electron chi connectivity index (χ3n) is 2.72. The van der Waals surface area contributed by atoms with Crippen LogP contribution in [0.25, 0.3) is 0 Å². The van der Waals surface area contributed by atoms with Gasteiger partial charge in [-0.2, -0.15) is 0 Å². The average Bonchev–Trinajstić information content (AvgIpc) is 2.45. The third kappa shape index (κ3) is 5.68. The van der Waals surface area contributed by atoms with E-state index in [2.05, 4.69) is 20.3 Å². The van der Waals surface area contributed by atoms with Crippen molar-refractivity contribution in [2.24, 2.45) is 5.84 Å². The van der Waals surface area contributed by atoms with Crippen LogP contribution in [0.1, 0.15) is 19.7 Å². The van der Waals surface area contributed by atoms with Crippen LogP contribution in [0.3, 0.4) is 0 Å². The average molecular weight is 283 g/mol. The van der Waals surface area contributed by atoms with Gasteiger partial charge in [-0.3, -0.25) is 0 Å². The predicted molar refractivity (Wildman–Crippen MR) is 79.8 cm³/mol. The molecule has 0 aliphatic rings. The molecule has 0 spiro atoms. The molecule has 7 nitrogen and oxygen atoms in total. The molecule has 20 heavy (non-hydrogen) atoms. The van der Waals surface area contributed by atoms with Crippen molar-refractivity contribution in [3.63, 3.8) is 0 Å². The Morgan fingerprint density at radius 1 is 1.15 bits per heavy atom. The summed E-state index contributed by atoms with van der Waals surface area (Å²) in [5.41, 5.74) is 2.56. The fourth-order valence-electron chi connectivity index (χ4n) is 1.77. The van der Waals surface area contributed by atoms with E-state index in [4.69, 9.17) is 15.3 Å². The van der Waals surface area contributed by atoms with Gasteiger partial charge in [-0.25, -0.2) is 15.8 Å². The Hall–Kier alpha value is -1.44. The number of ether oxygens (including phenoxy) is 2. The van der Waals surface area contributed by atoms with E-state index in [1.54, 1.807) is 0 Å². The van der Waals surface area contributed by atoms with Crippen molar-refractivity contribution < 1.29 is 9.47 Å². The van der Waals surface area contributed by atoms with Crippen molar-refractivity contribution in [3.8, 4) is 0 Å². The Balaban J connectivity index is 2.75. The van der Waals surface area contributed by atoms with Gasteiger partial charge in [0.25, 0.3) is 0 Å². The summed E-state index contributed by atoms with van der Waals surface area (Å²) in [6.07, 6.45) is 0. The van der Waals surface area contributed by atoms with Crippen molar-refractivity contribution >= 4 is 11.6 Å². The minimum absolute atomic E-state index is 0.602. The lowest BCUT2D eigenvalue weighted by Crippen LogP contribution is -2.32. The molecule has 1 rings (SSSR count). The van der Waals surface area contributed by atoms with Gasteiger partial charge < -0.3 is 19.8 Å². The van der Waals surface area contributed by atoms with Crippen molar-refractivity contribution in [2.75, 3.05) is 49.8 Å². The fourth-order valence-corrected chi connectivity index (χ4v) is 1.77. The highest BCUT2D eigenvalue weighted by Crippen LogP contribution is 2.15. The molecular weight excluding hydrogens is 258 g/mol. The van der Waals surface area contributed by atoms with Gasteiger partial charge in [0.05, 0.1) is 13.2 Å². The Labute approximate surface area is 120 Å². The van der Waals surface area contributed by atoms with Crippen LogP contribution in [0.2, 0.25) is 0 Å². The molecule has 0 atom stereocenters. The summed E-state index contributed by atoms with van der Waals surface area (Å²) in [6.45, 7) is 10.0. The second kappa shape index (κ2) is 9.46. The van der Waals surface area contributed by atoms with Gasteiger partial charge in [0.15, 0.2) is 0 Å². The van der Waals surface area contributed by atoms with E-state index in [1.807, 2.05) is 26.8 Å². The summed E-state index contributed by atoms with van der Waals surface area (Å²) in [6, 6.07) is 1.82. The molecule has 0 aliphatic heterocycles. The largest absolute Gasteiger partial charge is 0.380 e. The maximum atomic E-state index is 5.42. The first kappa shape index (κ1) is 16.6. The number of nitrogens with one attached hydrogen (secondary N) is 1. The standard InChI is InChI=1S/C13H25N5O2/c1-4-19-8-6-18(7-9-20-5-2)13-10-12(17-14)15-11(3)16-13/h10H,4-9,14H2,1-3H3,(H,15,16,17). The number of aromatic nitrogens is 2. The molecule has 0 aliphatic carbocycles. The van der Waals surface area contributed by atoms with Crippen LogP contribution in [-0.4, -0.2) is 49.5 Å². The Morgan fingerprint density at radius 3 is 2.25 bits per heavy atom. The maximum absolute atomic E-state index is 5.42. The Kier molecular flexibility index (Phi) is 7.86. The smallest absolute Gasteiger partial charge is 0.145 e. The number of anilines is 2. The van der Waals surface area contributed by atoms with Crippen molar-refractivity contribution in [3.05, 3.63) is 11.9 Å². The molecule has 3 N–H and O–H groups in total. The van der Waals surface area contributed by atoms with Crippen molar-refractivity contribution in [2.45, 2.75) is 20.8 Å². The fraction of sp³-hybridized carbons (Fsp3) is 0.692. The molecule has 1 aromatic rings. The molecule has 1 aromatic heterocycles. The van der Waals surface area contributed by atoms with Crippen LogP contribution >= 0.6 is 0 Å². The highest BCUT2D eigenvalue weighted by atomic mass is 16.5. The maximum Gasteiger partial charge on any atom is 0.145 e. The van der Waals surface area contributed by atoms with E-state index in [1.165, 1.54) is 0 Å². The molecule has 0 saturated carbocycles. The van der Waals surface area contributed by atoms with Gasteiger partial charge in [-0.05, 0) is 20.8 Å². The molecule has 0 unspecified atom stereocenters. The minimum atomic E-state index is 0.602. The zero-order valence-electron chi connectivity index (χ0n) is 12.6. The van der Waals surface area contributed by atoms with Crippen LogP contribution in [-0.2, 0) is 9.47 Å². The minimum Gasteiger partial charge on any atom is -0.380 e. The normalized spacial score (nSPS) is 10.6. The Morgan fingerprint density at radius 2 is 1.75 bits per heavy atom. The molecule has 0 aromatic carbocycles. The number of rotatable bonds is 10. The van der Waals surface area contributed by atoms with E-state index in [-0.39, 0.29) is 0 Å². The summed E-state index contributed by atoms with van der Waals surface area (Å²) < 4.78 is 10.8. The van der Waals surface area contributed by atoms with Gasteiger partial charge in [-0.1, -0.05) is 0 Å². The quantitative estimate of drug-likeness (QED) is 0.375. The zero-order chi connectivity index (χ0) is 14.8. The highest BCUT2D eigenvalue weighted by molar-refractivity contribution is 5.48. The number of hydrazine groups is 1. The lowest BCUT2D eigenvalue weighted by molar-refractivity contribution is 0.141. The monoisotopic (exact) mass is 283 g/mol. The first-order valence-electron chi connectivity index (χ1n) is 6.94.